The third-order valence-corrected chi connectivity index (χ3v) is 5.22. The van der Waals surface area contributed by atoms with Crippen LogP contribution in [0.25, 0.3) is 0 Å². The van der Waals surface area contributed by atoms with Crippen molar-refractivity contribution in [3.05, 3.63) is 66.0 Å². The molecule has 1 fully saturated rings. The van der Waals surface area contributed by atoms with Gasteiger partial charge in [0.15, 0.2) is 0 Å². The molecule has 3 rings (SSSR count). The van der Waals surface area contributed by atoms with Crippen molar-refractivity contribution in [1.29, 1.82) is 0 Å². The number of halogens is 1. The molecule has 0 radical (unpaired) electrons. The largest absolute Gasteiger partial charge is 0.363 e. The van der Waals surface area contributed by atoms with E-state index in [9.17, 15) is 9.18 Å². The summed E-state index contributed by atoms with van der Waals surface area (Å²) in [5.41, 5.74) is 1.67. The molecule has 1 atom stereocenters. The Balaban J connectivity index is 1.54. The lowest BCUT2D eigenvalue weighted by Gasteiger charge is -2.42. The van der Waals surface area contributed by atoms with Crippen LogP contribution in [-0.2, 0) is 16.0 Å². The van der Waals surface area contributed by atoms with Crippen LogP contribution in [0.3, 0.4) is 0 Å². The number of nitrogens with zero attached hydrogens (tertiary/aromatic N) is 1. The second-order valence-corrected chi connectivity index (χ2v) is 7.02. The highest BCUT2D eigenvalue weighted by atomic mass is 19.1. The number of hydrogen-bond donors (Lipinski definition) is 1. The van der Waals surface area contributed by atoms with E-state index in [0.29, 0.717) is 6.54 Å². The fourth-order valence-corrected chi connectivity index (χ4v) is 3.43. The average Bonchev–Trinajstić information content (AvgIpc) is 2.71. The van der Waals surface area contributed by atoms with Gasteiger partial charge in [0.25, 0.3) is 5.91 Å². The minimum atomic E-state index is -0.373. The molecule has 0 saturated carbocycles. The Bertz CT molecular complexity index is 736. The van der Waals surface area contributed by atoms with Gasteiger partial charge in [-0.1, -0.05) is 37.3 Å². The quantitative estimate of drug-likeness (QED) is 0.723. The first-order chi connectivity index (χ1) is 13.1. The molecule has 2 aromatic rings. The van der Waals surface area contributed by atoms with Crippen molar-refractivity contribution in [2.45, 2.75) is 31.8 Å². The van der Waals surface area contributed by atoms with E-state index in [0.717, 1.165) is 38.0 Å². The number of nitrogens with one attached hydrogen (secondary N) is 1. The van der Waals surface area contributed by atoms with Crippen LogP contribution in [0.5, 0.6) is 0 Å². The molecule has 1 saturated heterocycles. The van der Waals surface area contributed by atoms with Gasteiger partial charge in [-0.3, -0.25) is 4.79 Å². The zero-order valence-corrected chi connectivity index (χ0v) is 15.8. The van der Waals surface area contributed by atoms with Crippen LogP contribution in [0.15, 0.2) is 54.6 Å². The van der Waals surface area contributed by atoms with E-state index < -0.39 is 0 Å². The van der Waals surface area contributed by atoms with E-state index in [1.54, 1.807) is 17.0 Å². The lowest BCUT2D eigenvalue weighted by Crippen LogP contribution is -2.55. The van der Waals surface area contributed by atoms with E-state index in [-0.39, 0.29) is 23.9 Å². The van der Waals surface area contributed by atoms with Crippen LogP contribution in [-0.4, -0.2) is 37.7 Å². The van der Waals surface area contributed by atoms with Crippen molar-refractivity contribution < 1.29 is 13.9 Å². The molecule has 1 N–H and O–H groups in total. The normalized spacial score (nSPS) is 20.1. The third kappa shape index (κ3) is 5.15. The van der Waals surface area contributed by atoms with Gasteiger partial charge in [0.1, 0.15) is 12.4 Å². The molecule has 0 spiro atoms. The van der Waals surface area contributed by atoms with Gasteiger partial charge >= 0.3 is 0 Å². The second kappa shape index (κ2) is 9.11. The SMILES string of the molecule is CCC1(CCNCCc2ccccc2)CN(c2ccc(F)cc2)C(=O)CO1. The smallest absolute Gasteiger partial charge is 0.253 e. The minimum Gasteiger partial charge on any atom is -0.363 e. The summed E-state index contributed by atoms with van der Waals surface area (Å²) in [6.45, 7) is 4.38. The Labute approximate surface area is 160 Å². The lowest BCUT2D eigenvalue weighted by atomic mass is 9.93. The van der Waals surface area contributed by atoms with Crippen LogP contribution in [0.2, 0.25) is 0 Å². The Kier molecular flexibility index (Phi) is 6.58. The van der Waals surface area contributed by atoms with Gasteiger partial charge in [0.05, 0.1) is 12.1 Å². The van der Waals surface area contributed by atoms with E-state index >= 15 is 0 Å². The molecule has 1 unspecified atom stereocenters. The van der Waals surface area contributed by atoms with E-state index in [1.165, 1.54) is 17.7 Å². The molecular weight excluding hydrogens is 343 g/mol. The van der Waals surface area contributed by atoms with Crippen molar-refractivity contribution in [1.82, 2.24) is 5.32 Å². The first-order valence-corrected chi connectivity index (χ1v) is 9.56. The van der Waals surface area contributed by atoms with Crippen molar-refractivity contribution in [3.63, 3.8) is 0 Å². The standard InChI is InChI=1S/C22H27FN2O2/c1-2-22(13-15-24-14-12-18-6-4-3-5-7-18)17-25(21(26)16-27-22)20-10-8-19(23)9-11-20/h3-11,24H,2,12-17H2,1H3. The maximum Gasteiger partial charge on any atom is 0.253 e. The monoisotopic (exact) mass is 370 g/mol. The zero-order valence-electron chi connectivity index (χ0n) is 15.8. The zero-order chi connectivity index (χ0) is 19.1. The predicted molar refractivity (Wildman–Crippen MR) is 105 cm³/mol. The molecule has 5 heteroatoms. The van der Waals surface area contributed by atoms with Gasteiger partial charge in [0.2, 0.25) is 0 Å². The Morgan fingerprint density at radius 1 is 1.11 bits per heavy atom. The van der Waals surface area contributed by atoms with Gasteiger partial charge in [-0.2, -0.15) is 0 Å². The molecule has 144 valence electrons. The highest BCUT2D eigenvalue weighted by Crippen LogP contribution is 2.29. The molecule has 1 amide bonds. The summed E-state index contributed by atoms with van der Waals surface area (Å²) < 4.78 is 19.2. The number of anilines is 1. The third-order valence-electron chi connectivity index (χ3n) is 5.22. The molecule has 0 aromatic heterocycles. The van der Waals surface area contributed by atoms with Crippen LogP contribution >= 0.6 is 0 Å². The second-order valence-electron chi connectivity index (χ2n) is 7.02. The summed E-state index contributed by atoms with van der Waals surface area (Å²) in [5.74, 6) is -0.383. The minimum absolute atomic E-state index is 0.0647. The highest BCUT2D eigenvalue weighted by molar-refractivity contribution is 5.95. The Morgan fingerprint density at radius 3 is 2.56 bits per heavy atom. The maximum atomic E-state index is 13.2. The molecular formula is C22H27FN2O2. The van der Waals surface area contributed by atoms with Crippen LogP contribution in [0.1, 0.15) is 25.3 Å². The summed E-state index contributed by atoms with van der Waals surface area (Å²) in [6.07, 6.45) is 2.63. The number of ether oxygens (including phenoxy) is 1. The average molecular weight is 370 g/mol. The number of hydrogen-bond acceptors (Lipinski definition) is 3. The summed E-state index contributed by atoms with van der Waals surface area (Å²) in [4.78, 5) is 14.0. The van der Waals surface area contributed by atoms with Crippen LogP contribution in [0, 0.1) is 5.82 Å². The van der Waals surface area contributed by atoms with Gasteiger partial charge in [-0.15, -0.1) is 0 Å². The number of morpholine rings is 1. The molecule has 1 aliphatic heterocycles. The Hall–Kier alpha value is -2.24. The van der Waals surface area contributed by atoms with Crippen molar-refractivity contribution in [2.24, 2.45) is 0 Å². The van der Waals surface area contributed by atoms with Gasteiger partial charge in [-0.25, -0.2) is 4.39 Å². The number of carbonyl (C=O) groups excluding carboxylic acids is 1. The van der Waals surface area contributed by atoms with Gasteiger partial charge in [0, 0.05) is 5.69 Å². The predicted octanol–water partition coefficient (Wildman–Crippen LogP) is 3.56. The fraction of sp³-hybridized carbons (Fsp3) is 0.409. The van der Waals surface area contributed by atoms with Gasteiger partial charge < -0.3 is 15.0 Å². The van der Waals surface area contributed by atoms with Crippen LogP contribution in [0.4, 0.5) is 10.1 Å². The number of benzene rings is 2. The molecule has 2 aromatic carbocycles. The molecule has 1 aliphatic rings. The van der Waals surface area contributed by atoms with Crippen LogP contribution < -0.4 is 10.2 Å². The molecule has 27 heavy (non-hydrogen) atoms. The van der Waals surface area contributed by atoms with Crippen molar-refractivity contribution >= 4 is 11.6 Å². The highest BCUT2D eigenvalue weighted by Gasteiger charge is 2.38. The topological polar surface area (TPSA) is 41.6 Å². The number of amides is 1. The van der Waals surface area contributed by atoms with E-state index in [1.807, 2.05) is 6.07 Å². The van der Waals surface area contributed by atoms with Gasteiger partial charge in [-0.05, 0) is 62.2 Å². The fourth-order valence-electron chi connectivity index (χ4n) is 3.43. The summed E-state index contributed by atoms with van der Waals surface area (Å²) in [7, 11) is 0. The molecule has 0 bridgehead atoms. The number of rotatable bonds is 8. The molecule has 0 aliphatic carbocycles. The summed E-state index contributed by atoms with van der Waals surface area (Å²) in [5, 5.41) is 3.48. The van der Waals surface area contributed by atoms with Crippen molar-refractivity contribution in [2.75, 3.05) is 31.1 Å². The first kappa shape index (κ1) is 19.5. The van der Waals surface area contributed by atoms with Crippen molar-refractivity contribution in [3.8, 4) is 0 Å². The molecule has 4 nitrogen and oxygen atoms in total. The first-order valence-electron chi connectivity index (χ1n) is 9.56. The summed E-state index contributed by atoms with van der Waals surface area (Å²) >= 11 is 0. The maximum absolute atomic E-state index is 13.2. The summed E-state index contributed by atoms with van der Waals surface area (Å²) in [6, 6.07) is 16.5. The molecule has 1 heterocycles. The van der Waals surface area contributed by atoms with E-state index in [4.69, 9.17) is 4.74 Å². The lowest BCUT2D eigenvalue weighted by molar-refractivity contribution is -0.139. The van der Waals surface area contributed by atoms with E-state index in [2.05, 4.69) is 36.5 Å². The number of carbonyl (C=O) groups is 1. The Morgan fingerprint density at radius 2 is 1.85 bits per heavy atom.